The highest BCUT2D eigenvalue weighted by Crippen LogP contribution is 2.31. The van der Waals surface area contributed by atoms with Crippen LogP contribution in [0.1, 0.15) is 30.1 Å². The van der Waals surface area contributed by atoms with Gasteiger partial charge in [-0.25, -0.2) is 28.0 Å². The minimum Gasteiger partial charge on any atom is -0.478 e. The lowest BCUT2D eigenvalue weighted by atomic mass is 9.97. The van der Waals surface area contributed by atoms with Gasteiger partial charge in [0.15, 0.2) is 0 Å². The van der Waals surface area contributed by atoms with Gasteiger partial charge in [-0.05, 0) is 42.3 Å². The Morgan fingerprint density at radius 1 is 0.816 bits per heavy atom. The molecule has 10 nitrogen and oxygen atoms in total. The number of benzene rings is 2. The van der Waals surface area contributed by atoms with Crippen molar-refractivity contribution in [2.75, 3.05) is 20.7 Å². The van der Waals surface area contributed by atoms with Crippen LogP contribution in [0.3, 0.4) is 0 Å². The van der Waals surface area contributed by atoms with Gasteiger partial charge in [0.2, 0.25) is 0 Å². The molecule has 38 heavy (non-hydrogen) atoms. The van der Waals surface area contributed by atoms with Gasteiger partial charge in [-0.1, -0.05) is 24.3 Å². The van der Waals surface area contributed by atoms with Crippen molar-refractivity contribution in [2.45, 2.75) is 19.0 Å². The zero-order chi connectivity index (χ0) is 28.0. The Hall–Kier alpha value is -4.74. The summed E-state index contributed by atoms with van der Waals surface area (Å²) in [7, 11) is 3.05. The predicted octanol–water partition coefficient (Wildman–Crippen LogP) is 3.46. The second-order valence-corrected chi connectivity index (χ2v) is 8.25. The number of amides is 4. The van der Waals surface area contributed by atoms with Gasteiger partial charge in [0.25, 0.3) is 0 Å². The van der Waals surface area contributed by atoms with Crippen molar-refractivity contribution in [1.29, 1.82) is 0 Å². The third-order valence-corrected chi connectivity index (χ3v) is 5.84. The number of carboxylic acids is 1. The van der Waals surface area contributed by atoms with Gasteiger partial charge in [-0.2, -0.15) is 0 Å². The van der Waals surface area contributed by atoms with Crippen LogP contribution < -0.4 is 10.6 Å². The Bertz CT molecular complexity index is 1280. The lowest BCUT2D eigenvalue weighted by Gasteiger charge is -2.32. The molecule has 4 rings (SSSR count). The molecule has 12 heteroatoms. The minimum absolute atomic E-state index is 0.0312. The average molecular weight is 529 g/mol. The van der Waals surface area contributed by atoms with E-state index < -0.39 is 35.9 Å². The molecule has 200 valence electrons. The molecule has 0 aromatic heterocycles. The maximum atomic E-state index is 13.0. The Kier molecular flexibility index (Phi) is 8.79. The number of nitrogens with zero attached hydrogens (tertiary/aromatic N) is 2. The van der Waals surface area contributed by atoms with E-state index in [9.17, 15) is 28.0 Å². The van der Waals surface area contributed by atoms with E-state index in [1.165, 1.54) is 65.6 Å². The Morgan fingerprint density at radius 2 is 1.21 bits per heavy atom. The first-order chi connectivity index (χ1) is 18.0. The van der Waals surface area contributed by atoms with E-state index in [1.807, 2.05) is 0 Å². The number of carboxylic acid groups (broad SMARTS) is 1. The molecule has 0 bridgehead atoms. The standard InChI is InChI=1S/C14H15FN2O3.C12H11FN2O3/c1-3-20-13(18)11-8-16-14(19)17(2)12(11)9-4-6-10(15)7-5-9;1-15-10(7-2-4-8(13)5-3-7)9(11(16)17)6-14-12(15)18/h4-8,12H,3H2,1-2H3,(H,16,19);2-6,10H,1H3,(H,14,18)(H,16,17). The third kappa shape index (κ3) is 6.14. The molecule has 0 saturated carbocycles. The summed E-state index contributed by atoms with van der Waals surface area (Å²) in [5, 5.41) is 13.9. The Balaban J connectivity index is 0.000000212. The number of halogens is 2. The molecule has 2 aromatic rings. The van der Waals surface area contributed by atoms with Crippen LogP contribution in [0.4, 0.5) is 18.4 Å². The van der Waals surface area contributed by atoms with Crippen LogP contribution in [-0.2, 0) is 14.3 Å². The summed E-state index contributed by atoms with van der Waals surface area (Å²) >= 11 is 0. The number of esters is 1. The molecule has 2 unspecified atom stereocenters. The summed E-state index contributed by atoms with van der Waals surface area (Å²) in [6.45, 7) is 1.94. The predicted molar refractivity (Wildman–Crippen MR) is 131 cm³/mol. The van der Waals surface area contributed by atoms with Crippen LogP contribution in [0.15, 0.2) is 72.1 Å². The summed E-state index contributed by atoms with van der Waals surface area (Å²) in [5.41, 5.74) is 1.52. The second-order valence-electron chi connectivity index (χ2n) is 8.25. The third-order valence-electron chi connectivity index (χ3n) is 5.84. The van der Waals surface area contributed by atoms with Gasteiger partial charge in [0.05, 0.1) is 29.8 Å². The van der Waals surface area contributed by atoms with Crippen molar-refractivity contribution in [1.82, 2.24) is 20.4 Å². The molecule has 2 aliphatic heterocycles. The summed E-state index contributed by atoms with van der Waals surface area (Å²) in [6, 6.07) is 8.99. The molecule has 0 radical (unpaired) electrons. The fourth-order valence-corrected chi connectivity index (χ4v) is 3.95. The minimum atomic E-state index is -1.13. The first kappa shape index (κ1) is 27.8. The topological polar surface area (TPSA) is 128 Å². The van der Waals surface area contributed by atoms with Crippen LogP contribution in [0.25, 0.3) is 0 Å². The van der Waals surface area contributed by atoms with E-state index in [0.29, 0.717) is 16.7 Å². The summed E-state index contributed by atoms with van der Waals surface area (Å²) < 4.78 is 30.8. The zero-order valence-corrected chi connectivity index (χ0v) is 20.8. The normalized spacial score (nSPS) is 18.8. The van der Waals surface area contributed by atoms with Gasteiger partial charge >= 0.3 is 24.0 Å². The maximum absolute atomic E-state index is 13.0. The number of hydrogen-bond acceptors (Lipinski definition) is 5. The quantitative estimate of drug-likeness (QED) is 0.510. The molecule has 4 amide bonds. The average Bonchev–Trinajstić information content (AvgIpc) is 2.89. The van der Waals surface area contributed by atoms with Crippen molar-refractivity contribution in [3.8, 4) is 0 Å². The Labute approximate surface area is 217 Å². The smallest absolute Gasteiger partial charge is 0.337 e. The van der Waals surface area contributed by atoms with Gasteiger partial charge in [-0.15, -0.1) is 0 Å². The van der Waals surface area contributed by atoms with Gasteiger partial charge in [-0.3, -0.25) is 0 Å². The van der Waals surface area contributed by atoms with E-state index in [2.05, 4.69) is 10.6 Å². The number of nitrogens with one attached hydrogen (secondary N) is 2. The SMILES string of the molecule is CCOC(=O)C1=CNC(=O)N(C)C1c1ccc(F)cc1.CN1C(=O)NC=C(C(=O)O)C1c1ccc(F)cc1. The summed E-state index contributed by atoms with van der Waals surface area (Å²) in [4.78, 5) is 49.0. The number of urea groups is 2. The Morgan fingerprint density at radius 3 is 1.61 bits per heavy atom. The molecule has 2 aromatic carbocycles. The van der Waals surface area contributed by atoms with E-state index in [0.717, 1.165) is 0 Å². The summed E-state index contributed by atoms with van der Waals surface area (Å²) in [6.07, 6.45) is 2.51. The van der Waals surface area contributed by atoms with Crippen molar-refractivity contribution in [3.05, 3.63) is 94.8 Å². The number of likely N-dealkylation sites (N-methyl/N-ethyl adjacent to an activating group) is 2. The van der Waals surface area contributed by atoms with Crippen molar-refractivity contribution in [3.63, 3.8) is 0 Å². The largest absolute Gasteiger partial charge is 0.478 e. The number of ether oxygens (including phenoxy) is 1. The fraction of sp³-hybridized carbons (Fsp3) is 0.231. The molecular formula is C26H26F2N4O6. The number of rotatable bonds is 5. The molecule has 2 atom stereocenters. The van der Waals surface area contributed by atoms with Gasteiger partial charge in [0, 0.05) is 26.5 Å². The molecule has 0 fully saturated rings. The van der Waals surface area contributed by atoms with Crippen molar-refractivity contribution < 1.29 is 37.8 Å². The summed E-state index contributed by atoms with van der Waals surface area (Å²) in [5.74, 6) is -2.43. The second kappa shape index (κ2) is 12.0. The van der Waals surface area contributed by atoms with Crippen LogP contribution in [0.5, 0.6) is 0 Å². The first-order valence-corrected chi connectivity index (χ1v) is 11.4. The van der Waals surface area contributed by atoms with E-state index in [1.54, 1.807) is 26.1 Å². The fourth-order valence-electron chi connectivity index (χ4n) is 3.95. The number of carbonyl (C=O) groups is 4. The van der Waals surface area contributed by atoms with Crippen LogP contribution in [0, 0.1) is 11.6 Å². The number of hydrogen-bond donors (Lipinski definition) is 3. The first-order valence-electron chi connectivity index (χ1n) is 11.4. The highest BCUT2D eigenvalue weighted by Gasteiger charge is 2.34. The zero-order valence-electron chi connectivity index (χ0n) is 20.8. The van der Waals surface area contributed by atoms with Crippen LogP contribution in [-0.4, -0.2) is 59.6 Å². The number of carbonyl (C=O) groups excluding carboxylic acids is 3. The van der Waals surface area contributed by atoms with Crippen LogP contribution >= 0.6 is 0 Å². The van der Waals surface area contributed by atoms with E-state index >= 15 is 0 Å². The van der Waals surface area contributed by atoms with E-state index in [4.69, 9.17) is 9.84 Å². The van der Waals surface area contributed by atoms with Crippen molar-refractivity contribution in [2.24, 2.45) is 0 Å². The molecule has 3 N–H and O–H groups in total. The van der Waals surface area contributed by atoms with Crippen LogP contribution in [0.2, 0.25) is 0 Å². The molecular weight excluding hydrogens is 502 g/mol. The highest BCUT2D eigenvalue weighted by molar-refractivity contribution is 5.94. The lowest BCUT2D eigenvalue weighted by Crippen LogP contribution is -2.44. The number of aliphatic carboxylic acids is 1. The highest BCUT2D eigenvalue weighted by atomic mass is 19.1. The van der Waals surface area contributed by atoms with Crippen molar-refractivity contribution >= 4 is 24.0 Å². The monoisotopic (exact) mass is 528 g/mol. The molecule has 0 aliphatic carbocycles. The molecule has 0 spiro atoms. The maximum Gasteiger partial charge on any atom is 0.337 e. The molecule has 2 heterocycles. The lowest BCUT2D eigenvalue weighted by molar-refractivity contribution is -0.139. The molecule has 0 saturated heterocycles. The van der Waals surface area contributed by atoms with E-state index in [-0.39, 0.29) is 24.0 Å². The van der Waals surface area contributed by atoms with Gasteiger partial charge in [0.1, 0.15) is 11.6 Å². The molecule has 2 aliphatic rings. The van der Waals surface area contributed by atoms with Gasteiger partial charge < -0.3 is 30.3 Å².